The fourth-order valence-electron chi connectivity index (χ4n) is 2.43. The van der Waals surface area contributed by atoms with Gasteiger partial charge in [0, 0.05) is 28.6 Å². The van der Waals surface area contributed by atoms with Gasteiger partial charge in [0.15, 0.2) is 0 Å². The molecule has 1 N–H and O–H groups in total. The third-order valence-corrected chi connectivity index (χ3v) is 5.77. The maximum atomic E-state index is 12.1. The molecule has 0 aliphatic rings. The number of rotatable bonds is 8. The molecular weight excluding hydrogens is 392 g/mol. The largest absolute Gasteiger partial charge is 0.326 e. The van der Waals surface area contributed by atoms with Gasteiger partial charge in [-0.1, -0.05) is 23.7 Å². The summed E-state index contributed by atoms with van der Waals surface area (Å²) in [6.07, 6.45) is 3.72. The first kappa shape index (κ1) is 20.6. The van der Waals surface area contributed by atoms with Gasteiger partial charge < -0.3 is 5.32 Å². The summed E-state index contributed by atoms with van der Waals surface area (Å²) in [6.45, 7) is 0.206. The zero-order chi connectivity index (χ0) is 19.2. The zero-order valence-electron chi connectivity index (χ0n) is 14.6. The second kappa shape index (κ2) is 9.30. The van der Waals surface area contributed by atoms with Crippen molar-refractivity contribution in [3.05, 3.63) is 53.6 Å². The van der Waals surface area contributed by atoms with Gasteiger partial charge in [-0.05, 0) is 49.1 Å². The summed E-state index contributed by atoms with van der Waals surface area (Å²) in [6, 6.07) is 14.2. The van der Waals surface area contributed by atoms with Crippen LogP contribution in [0.1, 0.15) is 12.8 Å². The molecule has 5 nitrogen and oxygen atoms in total. The number of benzene rings is 2. The number of thioether (sulfide) groups is 1. The van der Waals surface area contributed by atoms with Crippen molar-refractivity contribution in [2.45, 2.75) is 17.7 Å². The topological polar surface area (TPSA) is 66.5 Å². The van der Waals surface area contributed by atoms with Crippen LogP contribution in [0.3, 0.4) is 0 Å². The van der Waals surface area contributed by atoms with Crippen LogP contribution < -0.4 is 9.62 Å². The number of hydrogen-bond acceptors (Lipinski definition) is 4. The molecule has 0 unspecified atom stereocenters. The number of nitrogens with zero attached hydrogens (tertiary/aromatic N) is 1. The van der Waals surface area contributed by atoms with E-state index in [2.05, 4.69) is 5.32 Å². The first-order valence-electron chi connectivity index (χ1n) is 7.97. The van der Waals surface area contributed by atoms with Crippen LogP contribution in [0.4, 0.5) is 11.4 Å². The highest BCUT2D eigenvalue weighted by molar-refractivity contribution is 7.98. The van der Waals surface area contributed by atoms with Gasteiger partial charge in [0.1, 0.15) is 0 Å². The zero-order valence-corrected chi connectivity index (χ0v) is 17.0. The number of hydrogen-bond donors (Lipinski definition) is 1. The van der Waals surface area contributed by atoms with E-state index in [0.717, 1.165) is 16.8 Å². The summed E-state index contributed by atoms with van der Waals surface area (Å²) < 4.78 is 25.4. The van der Waals surface area contributed by atoms with E-state index in [1.165, 1.54) is 4.31 Å². The summed E-state index contributed by atoms with van der Waals surface area (Å²) in [7, 11) is -3.46. The number of carbonyl (C=O) groups excluding carboxylic acids is 1. The predicted molar refractivity (Wildman–Crippen MR) is 110 cm³/mol. The van der Waals surface area contributed by atoms with E-state index in [1.807, 2.05) is 30.5 Å². The molecule has 2 aromatic rings. The highest BCUT2D eigenvalue weighted by atomic mass is 35.5. The molecule has 2 rings (SSSR count). The minimum atomic E-state index is -3.46. The Balaban J connectivity index is 1.96. The summed E-state index contributed by atoms with van der Waals surface area (Å²) in [5, 5.41) is 3.30. The Morgan fingerprint density at radius 2 is 1.92 bits per heavy atom. The van der Waals surface area contributed by atoms with E-state index < -0.39 is 10.0 Å². The van der Waals surface area contributed by atoms with Crippen molar-refractivity contribution in [2.24, 2.45) is 0 Å². The molecule has 0 aliphatic heterocycles. The summed E-state index contributed by atoms with van der Waals surface area (Å²) in [4.78, 5) is 13.2. The second-order valence-corrected chi connectivity index (χ2v) is 8.92. The van der Waals surface area contributed by atoms with Crippen LogP contribution in [0, 0.1) is 0 Å². The number of carbonyl (C=O) groups is 1. The van der Waals surface area contributed by atoms with Crippen LogP contribution in [0.2, 0.25) is 5.02 Å². The number of amides is 1. The molecule has 1 amide bonds. The maximum absolute atomic E-state index is 12.1. The van der Waals surface area contributed by atoms with E-state index in [1.54, 1.807) is 36.0 Å². The van der Waals surface area contributed by atoms with E-state index in [9.17, 15) is 13.2 Å². The second-order valence-electron chi connectivity index (χ2n) is 5.70. The van der Waals surface area contributed by atoms with Gasteiger partial charge in [-0.15, -0.1) is 11.8 Å². The van der Waals surface area contributed by atoms with E-state index in [0.29, 0.717) is 17.1 Å². The van der Waals surface area contributed by atoms with Gasteiger partial charge in [0.2, 0.25) is 15.9 Å². The van der Waals surface area contributed by atoms with Crippen molar-refractivity contribution in [3.8, 4) is 0 Å². The molecule has 0 aliphatic carbocycles. The number of sulfonamides is 1. The molecule has 0 heterocycles. The lowest BCUT2D eigenvalue weighted by molar-refractivity contribution is -0.116. The van der Waals surface area contributed by atoms with Gasteiger partial charge in [-0.25, -0.2) is 8.42 Å². The highest BCUT2D eigenvalue weighted by Crippen LogP contribution is 2.22. The molecule has 26 heavy (non-hydrogen) atoms. The molecule has 140 valence electrons. The van der Waals surface area contributed by atoms with Crippen LogP contribution in [0.5, 0.6) is 0 Å². The fourth-order valence-corrected chi connectivity index (χ4v) is 4.03. The van der Waals surface area contributed by atoms with Crippen LogP contribution in [0.15, 0.2) is 53.4 Å². The van der Waals surface area contributed by atoms with Gasteiger partial charge in [0.05, 0.1) is 11.9 Å². The van der Waals surface area contributed by atoms with Crippen molar-refractivity contribution >= 4 is 50.7 Å². The normalized spacial score (nSPS) is 11.2. The Labute approximate surface area is 163 Å². The van der Waals surface area contributed by atoms with Crippen molar-refractivity contribution in [3.63, 3.8) is 0 Å². The molecule has 0 fully saturated rings. The third-order valence-electron chi connectivity index (χ3n) is 3.62. The minimum absolute atomic E-state index is 0.150. The first-order valence-corrected chi connectivity index (χ1v) is 11.4. The molecule has 0 radical (unpaired) electrons. The van der Waals surface area contributed by atoms with Crippen LogP contribution >= 0.6 is 23.4 Å². The monoisotopic (exact) mass is 412 g/mol. The lowest BCUT2D eigenvalue weighted by Gasteiger charge is -2.22. The summed E-state index contributed by atoms with van der Waals surface area (Å²) in [5.41, 5.74) is 1.23. The highest BCUT2D eigenvalue weighted by Gasteiger charge is 2.17. The number of anilines is 2. The van der Waals surface area contributed by atoms with Crippen LogP contribution in [0.25, 0.3) is 0 Å². The Bertz CT molecular complexity index is 872. The van der Waals surface area contributed by atoms with Gasteiger partial charge >= 0.3 is 0 Å². The Hall–Kier alpha value is -1.70. The van der Waals surface area contributed by atoms with Crippen LogP contribution in [-0.4, -0.2) is 33.4 Å². The Morgan fingerprint density at radius 1 is 1.19 bits per heavy atom. The van der Waals surface area contributed by atoms with E-state index >= 15 is 0 Å². The molecule has 8 heteroatoms. The lowest BCUT2D eigenvalue weighted by atomic mass is 10.2. The van der Waals surface area contributed by atoms with Gasteiger partial charge in [0.25, 0.3) is 0 Å². The molecule has 0 aromatic heterocycles. The predicted octanol–water partition coefficient (Wildman–Crippen LogP) is 4.25. The summed E-state index contributed by atoms with van der Waals surface area (Å²) in [5.74, 6) is -0.150. The van der Waals surface area contributed by atoms with Gasteiger partial charge in [-0.2, -0.15) is 0 Å². The standard InChI is InChI=1S/C18H21ClN2O3S2/c1-25-17-9-4-7-15(13-17)20-18(22)10-5-11-21(26(2,23)24)16-8-3-6-14(19)12-16/h3-4,6-9,12-13H,5,10-11H2,1-2H3,(H,20,22). The average Bonchev–Trinajstić information content (AvgIpc) is 2.57. The van der Waals surface area contributed by atoms with Crippen molar-refractivity contribution in [1.29, 1.82) is 0 Å². The number of halogens is 1. The average molecular weight is 413 g/mol. The Kier molecular flexibility index (Phi) is 7.37. The van der Waals surface area contributed by atoms with Crippen molar-refractivity contribution < 1.29 is 13.2 Å². The molecule has 0 saturated heterocycles. The third kappa shape index (κ3) is 6.23. The fraction of sp³-hybridized carbons (Fsp3) is 0.278. The SMILES string of the molecule is CSc1cccc(NC(=O)CCCN(c2cccc(Cl)c2)S(C)(=O)=O)c1. The maximum Gasteiger partial charge on any atom is 0.232 e. The quantitative estimate of drug-likeness (QED) is 0.658. The molecular formula is C18H21ClN2O3S2. The lowest BCUT2D eigenvalue weighted by Crippen LogP contribution is -2.31. The molecule has 2 aromatic carbocycles. The molecule has 0 saturated carbocycles. The number of nitrogens with one attached hydrogen (secondary N) is 1. The minimum Gasteiger partial charge on any atom is -0.326 e. The summed E-state index contributed by atoms with van der Waals surface area (Å²) >= 11 is 7.55. The molecule has 0 atom stereocenters. The van der Waals surface area contributed by atoms with Crippen molar-refractivity contribution in [2.75, 3.05) is 28.7 Å². The van der Waals surface area contributed by atoms with Crippen molar-refractivity contribution in [1.82, 2.24) is 0 Å². The first-order chi connectivity index (χ1) is 12.3. The van der Waals surface area contributed by atoms with E-state index in [-0.39, 0.29) is 18.9 Å². The Morgan fingerprint density at radius 3 is 2.58 bits per heavy atom. The van der Waals surface area contributed by atoms with Gasteiger partial charge in [-0.3, -0.25) is 9.10 Å². The van der Waals surface area contributed by atoms with E-state index in [4.69, 9.17) is 11.6 Å². The van der Waals surface area contributed by atoms with Crippen LogP contribution in [-0.2, 0) is 14.8 Å². The smallest absolute Gasteiger partial charge is 0.232 e. The molecule has 0 bridgehead atoms. The molecule has 0 spiro atoms.